The topological polar surface area (TPSA) is 51.0 Å². The van der Waals surface area contributed by atoms with E-state index in [9.17, 15) is 4.79 Å². The number of fused-ring (bicyclic) bond motifs is 1. The standard InChI is InChI=1S/C12H12N4O/c17-12(15-8-4-1-5-9-15)16-11-7-3-2-6-10(11)13-14-16/h1-4,6-7H,5,8-9H2. The lowest BCUT2D eigenvalue weighted by Gasteiger charge is -2.22. The first-order valence-electron chi connectivity index (χ1n) is 5.61. The van der Waals surface area contributed by atoms with Crippen LogP contribution in [0.25, 0.3) is 11.0 Å². The van der Waals surface area contributed by atoms with E-state index in [-0.39, 0.29) is 6.03 Å². The molecule has 0 N–H and O–H groups in total. The Balaban J connectivity index is 1.98. The molecule has 1 aromatic carbocycles. The molecule has 1 aliphatic heterocycles. The van der Waals surface area contributed by atoms with Crippen LogP contribution in [0.15, 0.2) is 36.4 Å². The maximum absolute atomic E-state index is 12.2. The van der Waals surface area contributed by atoms with Crippen molar-refractivity contribution in [3.63, 3.8) is 0 Å². The number of para-hydroxylation sites is 1. The summed E-state index contributed by atoms with van der Waals surface area (Å²) in [7, 11) is 0. The van der Waals surface area contributed by atoms with Crippen molar-refractivity contribution < 1.29 is 4.79 Å². The van der Waals surface area contributed by atoms with Crippen LogP contribution in [0.2, 0.25) is 0 Å². The van der Waals surface area contributed by atoms with E-state index in [0.717, 1.165) is 24.0 Å². The van der Waals surface area contributed by atoms with Gasteiger partial charge in [-0.25, -0.2) is 4.79 Å². The maximum Gasteiger partial charge on any atom is 0.346 e. The highest BCUT2D eigenvalue weighted by Crippen LogP contribution is 2.12. The summed E-state index contributed by atoms with van der Waals surface area (Å²) in [5.41, 5.74) is 1.50. The number of aromatic nitrogens is 3. The monoisotopic (exact) mass is 228 g/mol. The Kier molecular flexibility index (Phi) is 2.36. The first kappa shape index (κ1) is 10.0. The number of carbonyl (C=O) groups excluding carboxylic acids is 1. The molecule has 5 heteroatoms. The van der Waals surface area contributed by atoms with Crippen LogP contribution >= 0.6 is 0 Å². The lowest BCUT2D eigenvalue weighted by molar-refractivity contribution is 0.201. The minimum atomic E-state index is -0.108. The smallest absolute Gasteiger partial charge is 0.319 e. The van der Waals surface area contributed by atoms with Crippen LogP contribution < -0.4 is 0 Å². The van der Waals surface area contributed by atoms with Gasteiger partial charge in [0.1, 0.15) is 5.52 Å². The normalized spacial score (nSPS) is 15.4. The van der Waals surface area contributed by atoms with Crippen molar-refractivity contribution in [3.05, 3.63) is 36.4 Å². The summed E-state index contributed by atoms with van der Waals surface area (Å²) < 4.78 is 1.37. The van der Waals surface area contributed by atoms with Crippen LogP contribution in [-0.2, 0) is 0 Å². The third kappa shape index (κ3) is 1.69. The third-order valence-electron chi connectivity index (χ3n) is 2.86. The first-order chi connectivity index (χ1) is 8.36. The van der Waals surface area contributed by atoms with Gasteiger partial charge in [0.15, 0.2) is 0 Å². The molecule has 0 radical (unpaired) electrons. The van der Waals surface area contributed by atoms with E-state index in [1.807, 2.05) is 30.3 Å². The van der Waals surface area contributed by atoms with E-state index in [0.29, 0.717) is 6.54 Å². The molecular weight excluding hydrogens is 216 g/mol. The van der Waals surface area contributed by atoms with Crippen LogP contribution in [0, 0.1) is 0 Å². The molecular formula is C12H12N4O. The van der Waals surface area contributed by atoms with Gasteiger partial charge in [-0.15, -0.1) is 5.10 Å². The zero-order valence-electron chi connectivity index (χ0n) is 9.28. The van der Waals surface area contributed by atoms with Crippen molar-refractivity contribution in [3.8, 4) is 0 Å². The summed E-state index contributed by atoms with van der Waals surface area (Å²) >= 11 is 0. The molecule has 3 rings (SSSR count). The van der Waals surface area contributed by atoms with Crippen LogP contribution in [-0.4, -0.2) is 39.0 Å². The fourth-order valence-electron chi connectivity index (χ4n) is 1.96. The van der Waals surface area contributed by atoms with E-state index >= 15 is 0 Å². The van der Waals surface area contributed by atoms with E-state index in [2.05, 4.69) is 16.4 Å². The molecule has 17 heavy (non-hydrogen) atoms. The molecule has 1 amide bonds. The lowest BCUT2D eigenvalue weighted by atomic mass is 10.2. The molecule has 0 saturated heterocycles. The molecule has 2 aromatic rings. The Morgan fingerprint density at radius 3 is 2.94 bits per heavy atom. The van der Waals surface area contributed by atoms with Crippen molar-refractivity contribution in [2.45, 2.75) is 6.42 Å². The van der Waals surface area contributed by atoms with Gasteiger partial charge in [0.2, 0.25) is 0 Å². The number of nitrogens with zero attached hydrogens (tertiary/aromatic N) is 4. The Hall–Kier alpha value is -2.17. The molecule has 1 aromatic heterocycles. The number of rotatable bonds is 0. The van der Waals surface area contributed by atoms with Crippen molar-refractivity contribution in [1.82, 2.24) is 19.9 Å². The predicted octanol–water partition coefficient (Wildman–Crippen LogP) is 1.66. The van der Waals surface area contributed by atoms with Gasteiger partial charge in [-0.3, -0.25) is 0 Å². The Labute approximate surface area is 98.3 Å². The molecule has 0 bridgehead atoms. The summed E-state index contributed by atoms with van der Waals surface area (Å²) in [5.74, 6) is 0. The predicted molar refractivity (Wildman–Crippen MR) is 63.7 cm³/mol. The van der Waals surface area contributed by atoms with E-state index < -0.39 is 0 Å². The van der Waals surface area contributed by atoms with E-state index in [1.165, 1.54) is 4.68 Å². The Bertz CT molecular complexity index is 587. The second-order valence-corrected chi connectivity index (χ2v) is 3.98. The van der Waals surface area contributed by atoms with Gasteiger partial charge < -0.3 is 4.90 Å². The molecule has 0 atom stereocenters. The fraction of sp³-hybridized carbons (Fsp3) is 0.250. The van der Waals surface area contributed by atoms with Crippen LogP contribution in [0.3, 0.4) is 0 Å². The molecule has 86 valence electrons. The van der Waals surface area contributed by atoms with Crippen molar-refractivity contribution in [2.75, 3.05) is 13.1 Å². The van der Waals surface area contributed by atoms with Gasteiger partial charge in [-0.1, -0.05) is 29.5 Å². The Morgan fingerprint density at radius 1 is 1.24 bits per heavy atom. The number of benzene rings is 1. The lowest BCUT2D eigenvalue weighted by Crippen LogP contribution is -2.37. The summed E-state index contributed by atoms with van der Waals surface area (Å²) in [4.78, 5) is 14.0. The van der Waals surface area contributed by atoms with Gasteiger partial charge in [-0.2, -0.15) is 4.68 Å². The molecule has 2 heterocycles. The highest BCUT2D eigenvalue weighted by molar-refractivity contribution is 5.87. The number of hydrogen-bond donors (Lipinski definition) is 0. The highest BCUT2D eigenvalue weighted by atomic mass is 16.2. The van der Waals surface area contributed by atoms with Gasteiger partial charge in [0.05, 0.1) is 5.52 Å². The minimum Gasteiger partial charge on any atom is -0.319 e. The molecule has 0 aliphatic carbocycles. The van der Waals surface area contributed by atoms with Crippen LogP contribution in [0.4, 0.5) is 4.79 Å². The first-order valence-corrected chi connectivity index (χ1v) is 5.61. The average molecular weight is 228 g/mol. The molecule has 0 fully saturated rings. The van der Waals surface area contributed by atoms with Gasteiger partial charge >= 0.3 is 6.03 Å². The number of amides is 1. The van der Waals surface area contributed by atoms with Gasteiger partial charge in [0.25, 0.3) is 0 Å². The highest BCUT2D eigenvalue weighted by Gasteiger charge is 2.18. The summed E-state index contributed by atoms with van der Waals surface area (Å²) in [6.45, 7) is 1.39. The Morgan fingerprint density at radius 2 is 2.12 bits per heavy atom. The van der Waals surface area contributed by atoms with Gasteiger partial charge in [0, 0.05) is 13.1 Å². The zero-order chi connectivity index (χ0) is 11.7. The van der Waals surface area contributed by atoms with Crippen LogP contribution in [0.5, 0.6) is 0 Å². The largest absolute Gasteiger partial charge is 0.346 e. The number of hydrogen-bond acceptors (Lipinski definition) is 3. The fourth-order valence-corrected chi connectivity index (χ4v) is 1.96. The second kappa shape index (κ2) is 4.01. The molecule has 0 unspecified atom stereocenters. The zero-order valence-corrected chi connectivity index (χ0v) is 9.28. The van der Waals surface area contributed by atoms with Crippen molar-refractivity contribution >= 4 is 17.1 Å². The summed E-state index contributed by atoms with van der Waals surface area (Å²) in [5, 5.41) is 7.90. The second-order valence-electron chi connectivity index (χ2n) is 3.98. The number of carbonyl (C=O) groups is 1. The summed E-state index contributed by atoms with van der Waals surface area (Å²) in [6, 6.07) is 7.36. The van der Waals surface area contributed by atoms with E-state index in [4.69, 9.17) is 0 Å². The molecule has 1 aliphatic rings. The van der Waals surface area contributed by atoms with Crippen molar-refractivity contribution in [2.24, 2.45) is 0 Å². The SMILES string of the molecule is O=C(N1CC=CCC1)n1nnc2ccccc21. The van der Waals surface area contributed by atoms with Crippen LogP contribution in [0.1, 0.15) is 6.42 Å². The summed E-state index contributed by atoms with van der Waals surface area (Å²) in [6.07, 6.45) is 4.99. The van der Waals surface area contributed by atoms with Gasteiger partial charge in [-0.05, 0) is 18.6 Å². The molecule has 0 saturated carbocycles. The maximum atomic E-state index is 12.2. The average Bonchev–Trinajstić information content (AvgIpc) is 2.83. The molecule has 5 nitrogen and oxygen atoms in total. The quantitative estimate of drug-likeness (QED) is 0.644. The minimum absolute atomic E-state index is 0.108. The molecule has 0 spiro atoms. The van der Waals surface area contributed by atoms with Crippen molar-refractivity contribution in [1.29, 1.82) is 0 Å². The third-order valence-corrected chi connectivity index (χ3v) is 2.86. The van der Waals surface area contributed by atoms with E-state index in [1.54, 1.807) is 4.90 Å².